The predicted octanol–water partition coefficient (Wildman–Crippen LogP) is 3.72. The van der Waals surface area contributed by atoms with Crippen LogP contribution in [0.5, 0.6) is 0 Å². The number of hydrogen-bond acceptors (Lipinski definition) is 2. The molecular formula is C15H26O2Si. The highest BCUT2D eigenvalue weighted by Crippen LogP contribution is 2.36. The minimum Gasteiger partial charge on any atom is -0.400 e. The monoisotopic (exact) mass is 266 g/mol. The number of benzene rings is 1. The molecule has 1 aromatic carbocycles. The molecular weight excluding hydrogens is 240 g/mol. The third-order valence-electron chi connectivity index (χ3n) is 3.53. The van der Waals surface area contributed by atoms with Crippen LogP contribution in [0.4, 0.5) is 0 Å². The molecule has 0 fully saturated rings. The van der Waals surface area contributed by atoms with Gasteiger partial charge in [-0.25, -0.2) is 0 Å². The SMILES string of the molecule is CO[SiH](OC)C(CC(C)C)C(C)c1ccccc1. The number of hydrogen-bond donors (Lipinski definition) is 0. The fourth-order valence-corrected chi connectivity index (χ4v) is 4.90. The highest BCUT2D eigenvalue weighted by Gasteiger charge is 2.31. The highest BCUT2D eigenvalue weighted by atomic mass is 28.3. The van der Waals surface area contributed by atoms with E-state index in [-0.39, 0.29) is 0 Å². The van der Waals surface area contributed by atoms with E-state index >= 15 is 0 Å². The van der Waals surface area contributed by atoms with Gasteiger partial charge in [0.25, 0.3) is 0 Å². The zero-order valence-corrected chi connectivity index (χ0v) is 13.4. The molecule has 0 aromatic heterocycles. The van der Waals surface area contributed by atoms with Crippen molar-refractivity contribution in [3.8, 4) is 0 Å². The molecule has 2 nitrogen and oxygen atoms in total. The Morgan fingerprint density at radius 1 is 1.00 bits per heavy atom. The van der Waals surface area contributed by atoms with Crippen LogP contribution in [0, 0.1) is 5.92 Å². The molecule has 0 radical (unpaired) electrons. The summed E-state index contributed by atoms with van der Waals surface area (Å²) in [6, 6.07) is 10.7. The van der Waals surface area contributed by atoms with Gasteiger partial charge in [-0.1, -0.05) is 51.1 Å². The molecule has 0 saturated heterocycles. The van der Waals surface area contributed by atoms with Gasteiger partial charge in [-0.2, -0.15) is 0 Å². The molecule has 1 rings (SSSR count). The quantitative estimate of drug-likeness (QED) is 0.700. The first-order chi connectivity index (χ1) is 8.60. The van der Waals surface area contributed by atoms with Gasteiger partial charge in [-0.05, 0) is 23.8 Å². The van der Waals surface area contributed by atoms with E-state index < -0.39 is 9.28 Å². The Bertz CT molecular complexity index is 323. The van der Waals surface area contributed by atoms with Crippen molar-refractivity contribution in [1.29, 1.82) is 0 Å². The summed E-state index contributed by atoms with van der Waals surface area (Å²) in [5, 5.41) is 0. The summed E-state index contributed by atoms with van der Waals surface area (Å²) in [7, 11) is 1.98. The molecule has 0 aliphatic heterocycles. The van der Waals surface area contributed by atoms with Crippen LogP contribution in [-0.2, 0) is 8.85 Å². The summed E-state index contributed by atoms with van der Waals surface area (Å²) in [5.41, 5.74) is 1.90. The second-order valence-electron chi connectivity index (χ2n) is 5.33. The molecule has 0 spiro atoms. The van der Waals surface area contributed by atoms with Crippen molar-refractivity contribution < 1.29 is 8.85 Å². The van der Waals surface area contributed by atoms with Crippen molar-refractivity contribution >= 4 is 9.28 Å². The third kappa shape index (κ3) is 4.23. The minimum absolute atomic E-state index is 0.491. The van der Waals surface area contributed by atoms with Crippen molar-refractivity contribution in [3.63, 3.8) is 0 Å². The molecule has 0 heterocycles. The Morgan fingerprint density at radius 3 is 2.00 bits per heavy atom. The summed E-state index contributed by atoms with van der Waals surface area (Å²) in [6.45, 7) is 6.82. The maximum atomic E-state index is 5.62. The fraction of sp³-hybridized carbons (Fsp3) is 0.600. The first-order valence-corrected chi connectivity index (χ1v) is 8.31. The molecule has 0 saturated carbocycles. The van der Waals surface area contributed by atoms with Crippen LogP contribution in [0.3, 0.4) is 0 Å². The Balaban J connectivity index is 2.88. The lowest BCUT2D eigenvalue weighted by atomic mass is 9.92. The van der Waals surface area contributed by atoms with Crippen LogP contribution < -0.4 is 0 Å². The van der Waals surface area contributed by atoms with Gasteiger partial charge >= 0.3 is 9.28 Å². The standard InChI is InChI=1S/C15H26O2Si/c1-12(2)11-15(18(16-4)17-5)13(3)14-9-7-6-8-10-14/h6-10,12-13,15,18H,11H2,1-5H3. The summed E-state index contributed by atoms with van der Waals surface area (Å²) in [4.78, 5) is 0. The first-order valence-electron chi connectivity index (χ1n) is 6.70. The van der Waals surface area contributed by atoms with Gasteiger partial charge in [0, 0.05) is 19.8 Å². The van der Waals surface area contributed by atoms with Crippen molar-refractivity contribution in [2.24, 2.45) is 5.92 Å². The molecule has 0 aliphatic rings. The molecule has 0 bridgehead atoms. The van der Waals surface area contributed by atoms with E-state index in [1.54, 1.807) is 14.2 Å². The normalized spacial score (nSPS) is 15.1. The second-order valence-corrected chi connectivity index (χ2v) is 7.87. The van der Waals surface area contributed by atoms with Gasteiger partial charge in [-0.3, -0.25) is 0 Å². The highest BCUT2D eigenvalue weighted by molar-refractivity contribution is 6.46. The molecule has 1 aromatic rings. The molecule has 2 atom stereocenters. The molecule has 0 N–H and O–H groups in total. The molecule has 102 valence electrons. The number of rotatable bonds is 7. The van der Waals surface area contributed by atoms with E-state index in [2.05, 4.69) is 51.1 Å². The van der Waals surface area contributed by atoms with Gasteiger partial charge in [0.2, 0.25) is 0 Å². The molecule has 18 heavy (non-hydrogen) atoms. The van der Waals surface area contributed by atoms with E-state index in [1.165, 1.54) is 5.56 Å². The first kappa shape index (κ1) is 15.4. The van der Waals surface area contributed by atoms with Crippen molar-refractivity contribution in [1.82, 2.24) is 0 Å². The Labute approximate surface area is 113 Å². The van der Waals surface area contributed by atoms with Crippen LogP contribution in [0.15, 0.2) is 30.3 Å². The van der Waals surface area contributed by atoms with Gasteiger partial charge in [0.1, 0.15) is 0 Å². The Kier molecular flexibility index (Phi) is 6.61. The van der Waals surface area contributed by atoms with Crippen LogP contribution in [-0.4, -0.2) is 23.5 Å². The average molecular weight is 266 g/mol. The van der Waals surface area contributed by atoms with Crippen molar-refractivity contribution in [2.45, 2.75) is 38.7 Å². The largest absolute Gasteiger partial charge is 0.400 e. The van der Waals surface area contributed by atoms with Gasteiger partial charge in [-0.15, -0.1) is 0 Å². The molecule has 2 unspecified atom stereocenters. The predicted molar refractivity (Wildman–Crippen MR) is 79.2 cm³/mol. The Hall–Kier alpha value is -0.643. The van der Waals surface area contributed by atoms with E-state index in [1.807, 2.05) is 0 Å². The lowest BCUT2D eigenvalue weighted by molar-refractivity contribution is 0.252. The smallest absolute Gasteiger partial charge is 0.324 e. The topological polar surface area (TPSA) is 18.5 Å². The lowest BCUT2D eigenvalue weighted by Gasteiger charge is -2.30. The van der Waals surface area contributed by atoms with E-state index in [9.17, 15) is 0 Å². The fourth-order valence-electron chi connectivity index (χ4n) is 2.54. The van der Waals surface area contributed by atoms with Crippen LogP contribution in [0.2, 0.25) is 5.54 Å². The molecule has 0 aliphatic carbocycles. The minimum atomic E-state index is -1.59. The van der Waals surface area contributed by atoms with Crippen LogP contribution >= 0.6 is 0 Å². The van der Waals surface area contributed by atoms with Gasteiger partial charge < -0.3 is 8.85 Å². The zero-order valence-electron chi connectivity index (χ0n) is 12.2. The third-order valence-corrected chi connectivity index (χ3v) is 6.00. The summed E-state index contributed by atoms with van der Waals surface area (Å²) >= 11 is 0. The molecule has 0 amide bonds. The summed E-state index contributed by atoms with van der Waals surface area (Å²) in [5.74, 6) is 1.16. The van der Waals surface area contributed by atoms with E-state index in [0.29, 0.717) is 17.4 Å². The maximum absolute atomic E-state index is 5.62. The van der Waals surface area contributed by atoms with Gasteiger partial charge in [0.15, 0.2) is 0 Å². The van der Waals surface area contributed by atoms with Crippen molar-refractivity contribution in [3.05, 3.63) is 35.9 Å². The Morgan fingerprint density at radius 2 is 1.56 bits per heavy atom. The average Bonchev–Trinajstić information content (AvgIpc) is 2.38. The van der Waals surface area contributed by atoms with Crippen molar-refractivity contribution in [2.75, 3.05) is 14.2 Å². The zero-order chi connectivity index (χ0) is 13.5. The van der Waals surface area contributed by atoms with Crippen LogP contribution in [0.25, 0.3) is 0 Å². The van der Waals surface area contributed by atoms with Gasteiger partial charge in [0.05, 0.1) is 0 Å². The van der Waals surface area contributed by atoms with Crippen LogP contribution in [0.1, 0.15) is 38.7 Å². The lowest BCUT2D eigenvalue weighted by Crippen LogP contribution is -2.30. The second kappa shape index (κ2) is 7.72. The van der Waals surface area contributed by atoms with E-state index in [4.69, 9.17) is 8.85 Å². The molecule has 3 heteroatoms. The summed E-state index contributed by atoms with van der Waals surface area (Å²) in [6.07, 6.45) is 1.16. The maximum Gasteiger partial charge on any atom is 0.324 e. The summed E-state index contributed by atoms with van der Waals surface area (Å²) < 4.78 is 11.2. The van der Waals surface area contributed by atoms with E-state index in [0.717, 1.165) is 6.42 Å².